The van der Waals surface area contributed by atoms with Gasteiger partial charge in [0.1, 0.15) is 11.5 Å². The Kier molecular flexibility index (Phi) is 5.71. The minimum absolute atomic E-state index is 0.0681. The first kappa shape index (κ1) is 20.9. The first-order valence-electron chi connectivity index (χ1n) is 9.26. The standard InChI is InChI=1S/C21H24ClFN4O2/c1-21(2,3)25-20(29)27-10-6-5-7-14-17(27)12-26(4)18(14)19(28)24-13-8-9-16(23)15(22)11-13/h5-6,8-9,11-12H,7,10H2,1-4H3,(H,24,28)(H,25,29). The van der Waals surface area contributed by atoms with Gasteiger partial charge in [-0.3, -0.25) is 9.69 Å². The molecule has 3 rings (SSSR count). The molecule has 0 spiro atoms. The molecular formula is C21H24ClFN4O2. The number of anilines is 2. The Balaban J connectivity index is 1.93. The monoisotopic (exact) mass is 418 g/mol. The molecule has 0 saturated heterocycles. The number of rotatable bonds is 2. The van der Waals surface area contributed by atoms with Crippen molar-refractivity contribution in [2.75, 3.05) is 16.8 Å². The zero-order chi connectivity index (χ0) is 21.3. The van der Waals surface area contributed by atoms with Crippen LogP contribution in [0.2, 0.25) is 5.02 Å². The molecule has 0 atom stereocenters. The average molecular weight is 419 g/mol. The van der Waals surface area contributed by atoms with E-state index in [1.165, 1.54) is 18.2 Å². The van der Waals surface area contributed by atoms with Gasteiger partial charge in [-0.15, -0.1) is 0 Å². The molecule has 2 N–H and O–H groups in total. The van der Waals surface area contributed by atoms with Gasteiger partial charge in [-0.05, 0) is 45.4 Å². The second-order valence-electron chi connectivity index (χ2n) is 8.00. The summed E-state index contributed by atoms with van der Waals surface area (Å²) in [5.41, 5.74) is 1.87. The molecule has 0 radical (unpaired) electrons. The Morgan fingerprint density at radius 2 is 1.93 bits per heavy atom. The van der Waals surface area contributed by atoms with Crippen molar-refractivity contribution >= 4 is 34.9 Å². The molecule has 29 heavy (non-hydrogen) atoms. The van der Waals surface area contributed by atoms with Crippen molar-refractivity contribution in [3.63, 3.8) is 0 Å². The number of allylic oxidation sites excluding steroid dienone is 1. The first-order valence-corrected chi connectivity index (χ1v) is 9.64. The summed E-state index contributed by atoms with van der Waals surface area (Å²) in [4.78, 5) is 27.4. The Bertz CT molecular complexity index is 991. The Hall–Kier alpha value is -2.80. The number of aromatic nitrogens is 1. The molecular weight excluding hydrogens is 395 g/mol. The highest BCUT2D eigenvalue weighted by atomic mass is 35.5. The molecule has 1 aromatic carbocycles. The second kappa shape index (κ2) is 7.91. The third kappa shape index (κ3) is 4.62. The zero-order valence-corrected chi connectivity index (χ0v) is 17.6. The topological polar surface area (TPSA) is 66.4 Å². The van der Waals surface area contributed by atoms with Crippen LogP contribution in [0.15, 0.2) is 36.5 Å². The number of aryl methyl sites for hydroxylation is 1. The number of amides is 3. The molecule has 1 aromatic heterocycles. The van der Waals surface area contributed by atoms with E-state index in [0.29, 0.717) is 30.0 Å². The number of carbonyl (C=O) groups is 2. The molecule has 3 amide bonds. The van der Waals surface area contributed by atoms with Crippen molar-refractivity contribution in [3.8, 4) is 0 Å². The minimum atomic E-state index is -0.553. The molecule has 154 valence electrons. The van der Waals surface area contributed by atoms with E-state index in [9.17, 15) is 14.0 Å². The van der Waals surface area contributed by atoms with E-state index in [1.54, 1.807) is 22.7 Å². The lowest BCUT2D eigenvalue weighted by molar-refractivity contribution is 0.101. The number of benzene rings is 1. The smallest absolute Gasteiger partial charge is 0.322 e. The predicted octanol–water partition coefficient (Wildman–Crippen LogP) is 4.50. The molecule has 8 heteroatoms. The van der Waals surface area contributed by atoms with Crippen molar-refractivity contribution in [1.82, 2.24) is 9.88 Å². The van der Waals surface area contributed by atoms with E-state index in [-0.39, 0.29) is 22.5 Å². The zero-order valence-electron chi connectivity index (χ0n) is 16.8. The number of carbonyl (C=O) groups excluding carboxylic acids is 2. The van der Waals surface area contributed by atoms with Crippen LogP contribution in [-0.4, -0.2) is 28.6 Å². The third-order valence-corrected chi connectivity index (χ3v) is 4.74. The summed E-state index contributed by atoms with van der Waals surface area (Å²) in [5, 5.41) is 5.64. The largest absolute Gasteiger partial charge is 0.344 e. The van der Waals surface area contributed by atoms with E-state index in [2.05, 4.69) is 10.6 Å². The molecule has 0 saturated carbocycles. The van der Waals surface area contributed by atoms with Crippen molar-refractivity contribution in [1.29, 1.82) is 0 Å². The maximum Gasteiger partial charge on any atom is 0.322 e. The van der Waals surface area contributed by atoms with Gasteiger partial charge in [0, 0.05) is 36.6 Å². The maximum atomic E-state index is 13.4. The fraction of sp³-hybridized carbons (Fsp3) is 0.333. The minimum Gasteiger partial charge on any atom is -0.344 e. The SMILES string of the molecule is Cn1cc2c(c1C(=O)Nc1ccc(F)c(Cl)c1)CC=CCN2C(=O)NC(C)(C)C. The van der Waals surface area contributed by atoms with E-state index in [0.717, 1.165) is 5.56 Å². The summed E-state index contributed by atoms with van der Waals surface area (Å²) in [6.07, 6.45) is 6.14. The highest BCUT2D eigenvalue weighted by Crippen LogP contribution is 2.30. The summed E-state index contributed by atoms with van der Waals surface area (Å²) in [5.74, 6) is -0.911. The highest BCUT2D eigenvalue weighted by Gasteiger charge is 2.28. The van der Waals surface area contributed by atoms with Gasteiger partial charge in [-0.1, -0.05) is 23.8 Å². The van der Waals surface area contributed by atoms with E-state index in [1.807, 2.05) is 32.9 Å². The van der Waals surface area contributed by atoms with Crippen LogP contribution >= 0.6 is 11.6 Å². The number of urea groups is 1. The summed E-state index contributed by atoms with van der Waals surface area (Å²) in [6, 6.07) is 3.78. The predicted molar refractivity (Wildman–Crippen MR) is 113 cm³/mol. The lowest BCUT2D eigenvalue weighted by Crippen LogP contribution is -2.48. The van der Waals surface area contributed by atoms with Crippen LogP contribution in [0.1, 0.15) is 36.8 Å². The van der Waals surface area contributed by atoms with Crippen molar-refractivity contribution < 1.29 is 14.0 Å². The maximum absolute atomic E-state index is 13.4. The number of halogens is 2. The fourth-order valence-corrected chi connectivity index (χ4v) is 3.40. The van der Waals surface area contributed by atoms with Gasteiger partial charge in [0.2, 0.25) is 0 Å². The molecule has 2 aromatic rings. The number of nitrogens with zero attached hydrogens (tertiary/aromatic N) is 2. The molecule has 0 aliphatic carbocycles. The number of fused-ring (bicyclic) bond motifs is 1. The number of hydrogen-bond acceptors (Lipinski definition) is 2. The number of nitrogens with one attached hydrogen (secondary N) is 2. The Labute approximate surface area is 174 Å². The van der Waals surface area contributed by atoms with Crippen LogP contribution in [-0.2, 0) is 13.5 Å². The van der Waals surface area contributed by atoms with Crippen LogP contribution in [0.4, 0.5) is 20.6 Å². The van der Waals surface area contributed by atoms with Gasteiger partial charge >= 0.3 is 6.03 Å². The van der Waals surface area contributed by atoms with E-state index >= 15 is 0 Å². The number of hydrogen-bond donors (Lipinski definition) is 2. The van der Waals surface area contributed by atoms with Gasteiger partial charge in [0.05, 0.1) is 10.7 Å². The highest BCUT2D eigenvalue weighted by molar-refractivity contribution is 6.31. The summed E-state index contributed by atoms with van der Waals surface area (Å²) >= 11 is 5.81. The average Bonchev–Trinajstić information content (AvgIpc) is 2.79. The third-order valence-electron chi connectivity index (χ3n) is 4.45. The van der Waals surface area contributed by atoms with Crippen LogP contribution in [0.5, 0.6) is 0 Å². The van der Waals surface area contributed by atoms with Crippen LogP contribution in [0, 0.1) is 5.82 Å². The van der Waals surface area contributed by atoms with E-state index < -0.39 is 5.82 Å². The van der Waals surface area contributed by atoms with Gasteiger partial charge in [-0.25, -0.2) is 9.18 Å². The van der Waals surface area contributed by atoms with Gasteiger partial charge in [0.15, 0.2) is 0 Å². The lowest BCUT2D eigenvalue weighted by Gasteiger charge is -2.27. The molecule has 6 nitrogen and oxygen atoms in total. The van der Waals surface area contributed by atoms with Crippen molar-refractivity contribution in [3.05, 3.63) is 58.6 Å². The van der Waals surface area contributed by atoms with Crippen LogP contribution < -0.4 is 15.5 Å². The Morgan fingerprint density at radius 1 is 1.21 bits per heavy atom. The summed E-state index contributed by atoms with van der Waals surface area (Å²) in [7, 11) is 1.75. The van der Waals surface area contributed by atoms with Crippen molar-refractivity contribution in [2.24, 2.45) is 7.05 Å². The van der Waals surface area contributed by atoms with Crippen LogP contribution in [0.25, 0.3) is 0 Å². The quantitative estimate of drug-likeness (QED) is 0.705. The van der Waals surface area contributed by atoms with Crippen molar-refractivity contribution in [2.45, 2.75) is 32.7 Å². The molecule has 0 unspecified atom stereocenters. The Morgan fingerprint density at radius 3 is 2.59 bits per heavy atom. The summed E-state index contributed by atoms with van der Waals surface area (Å²) < 4.78 is 15.1. The molecule has 1 aliphatic heterocycles. The molecule has 0 bridgehead atoms. The van der Waals surface area contributed by atoms with Crippen LogP contribution in [0.3, 0.4) is 0 Å². The first-order chi connectivity index (χ1) is 13.6. The van der Waals surface area contributed by atoms with Gasteiger partial charge < -0.3 is 15.2 Å². The van der Waals surface area contributed by atoms with E-state index in [4.69, 9.17) is 11.6 Å². The fourth-order valence-electron chi connectivity index (χ4n) is 3.22. The molecule has 1 aliphatic rings. The van der Waals surface area contributed by atoms with Gasteiger partial charge in [0.25, 0.3) is 5.91 Å². The second-order valence-corrected chi connectivity index (χ2v) is 8.41. The lowest BCUT2D eigenvalue weighted by atomic mass is 10.1. The normalized spacial score (nSPS) is 13.7. The van der Waals surface area contributed by atoms with Gasteiger partial charge in [-0.2, -0.15) is 0 Å². The molecule has 0 fully saturated rings. The summed E-state index contributed by atoms with van der Waals surface area (Å²) in [6.45, 7) is 6.15. The molecule has 2 heterocycles.